The van der Waals surface area contributed by atoms with Crippen LogP contribution in [-0.4, -0.2) is 16.9 Å². The largest absolute Gasteiger partial charge is 0.305 e. The molecule has 0 aliphatic carbocycles. The van der Waals surface area contributed by atoms with Crippen LogP contribution in [0.1, 0.15) is 5.56 Å². The smallest absolute Gasteiger partial charge is 0.0692 e. The maximum Gasteiger partial charge on any atom is 0.0692 e. The summed E-state index contributed by atoms with van der Waals surface area (Å²) in [5, 5.41) is 6.32. The van der Waals surface area contributed by atoms with E-state index in [0.29, 0.717) is 13.1 Å². The molecule has 0 fully saturated rings. The van der Waals surface area contributed by atoms with E-state index in [1.807, 2.05) is 29.1 Å². The predicted molar refractivity (Wildman–Crippen MR) is 120 cm³/mol. The van der Waals surface area contributed by atoms with E-state index >= 15 is 0 Å². The highest BCUT2D eigenvalue weighted by atomic mass is 35.5. The molecular weight excluding hydrogens is 382 g/mol. The first-order chi connectivity index (χ1) is 14.2. The summed E-state index contributed by atoms with van der Waals surface area (Å²) in [6.07, 6.45) is 3.74. The van der Waals surface area contributed by atoms with Crippen LogP contribution in [0.25, 0.3) is 33.2 Å². The van der Waals surface area contributed by atoms with E-state index in [2.05, 4.69) is 65.7 Å². The summed E-state index contributed by atoms with van der Waals surface area (Å²) >= 11 is 6.89. The highest BCUT2D eigenvalue weighted by molar-refractivity contribution is 6.36. The summed E-state index contributed by atoms with van der Waals surface area (Å²) in [5.74, 6) is 0. The molecule has 3 aromatic carbocycles. The van der Waals surface area contributed by atoms with Crippen molar-refractivity contribution >= 4 is 22.5 Å². The second-order valence-electron chi connectivity index (χ2n) is 6.74. The molecule has 4 nitrogen and oxygen atoms in total. The SMILES string of the molecule is C=CCn1ncc2c(-c3cccc(-c4ccc(CNOC)cc4)c3Cl)cccc21. The third-order valence-electron chi connectivity index (χ3n) is 4.96. The van der Waals surface area contributed by atoms with Crippen molar-refractivity contribution in [1.29, 1.82) is 0 Å². The fourth-order valence-corrected chi connectivity index (χ4v) is 3.86. The summed E-state index contributed by atoms with van der Waals surface area (Å²) < 4.78 is 1.94. The molecule has 1 heterocycles. The minimum Gasteiger partial charge on any atom is -0.305 e. The summed E-state index contributed by atoms with van der Waals surface area (Å²) in [4.78, 5) is 4.91. The number of nitrogens with zero attached hydrogens (tertiary/aromatic N) is 2. The molecule has 29 heavy (non-hydrogen) atoms. The quantitative estimate of drug-likeness (QED) is 0.310. The maximum absolute atomic E-state index is 6.89. The van der Waals surface area contributed by atoms with Gasteiger partial charge in [-0.25, -0.2) is 0 Å². The molecule has 146 valence electrons. The van der Waals surface area contributed by atoms with Crippen LogP contribution >= 0.6 is 11.6 Å². The molecule has 0 unspecified atom stereocenters. The zero-order valence-electron chi connectivity index (χ0n) is 16.2. The molecular formula is C24H22ClN3O. The van der Waals surface area contributed by atoms with Crippen LogP contribution < -0.4 is 5.48 Å². The van der Waals surface area contributed by atoms with Gasteiger partial charge < -0.3 is 4.84 Å². The van der Waals surface area contributed by atoms with Gasteiger partial charge in [0.15, 0.2) is 0 Å². The number of hydroxylamine groups is 1. The minimum atomic E-state index is 0.654. The molecule has 0 aliphatic rings. The summed E-state index contributed by atoms with van der Waals surface area (Å²) in [7, 11) is 1.61. The third-order valence-corrected chi connectivity index (χ3v) is 5.37. The molecule has 0 amide bonds. The molecule has 0 aliphatic heterocycles. The molecule has 0 saturated heterocycles. The van der Waals surface area contributed by atoms with Gasteiger partial charge in [0, 0.05) is 23.1 Å². The van der Waals surface area contributed by atoms with Gasteiger partial charge in [0.2, 0.25) is 0 Å². The maximum atomic E-state index is 6.89. The van der Waals surface area contributed by atoms with Gasteiger partial charge in [-0.1, -0.05) is 72.3 Å². The van der Waals surface area contributed by atoms with Gasteiger partial charge in [-0.15, -0.1) is 6.58 Å². The second kappa shape index (κ2) is 8.62. The van der Waals surface area contributed by atoms with Gasteiger partial charge in [0.05, 0.1) is 30.4 Å². The molecule has 4 aromatic rings. The number of rotatable bonds is 7. The fraction of sp³-hybridized carbons (Fsp3) is 0.125. The molecule has 4 rings (SSSR count). The number of halogens is 1. The van der Waals surface area contributed by atoms with E-state index in [4.69, 9.17) is 16.4 Å². The van der Waals surface area contributed by atoms with Crippen LogP contribution in [0, 0.1) is 0 Å². The zero-order chi connectivity index (χ0) is 20.2. The van der Waals surface area contributed by atoms with Gasteiger partial charge in [0.1, 0.15) is 0 Å². The molecule has 0 atom stereocenters. The van der Waals surface area contributed by atoms with E-state index in [0.717, 1.165) is 43.7 Å². The Bertz CT molecular complexity index is 1150. The van der Waals surface area contributed by atoms with Crippen molar-refractivity contribution < 1.29 is 4.84 Å². The number of nitrogens with one attached hydrogen (secondary N) is 1. The first-order valence-electron chi connectivity index (χ1n) is 9.42. The summed E-state index contributed by atoms with van der Waals surface area (Å²) in [5.41, 5.74) is 9.22. The van der Waals surface area contributed by atoms with Crippen LogP contribution in [0.5, 0.6) is 0 Å². The van der Waals surface area contributed by atoms with Gasteiger partial charge >= 0.3 is 0 Å². The van der Waals surface area contributed by atoms with Crippen molar-refractivity contribution in [2.75, 3.05) is 7.11 Å². The van der Waals surface area contributed by atoms with Crippen molar-refractivity contribution in [3.05, 3.63) is 90.1 Å². The first-order valence-corrected chi connectivity index (χ1v) is 9.80. The fourth-order valence-electron chi connectivity index (χ4n) is 3.53. The van der Waals surface area contributed by atoms with Gasteiger partial charge in [-0.3, -0.25) is 4.68 Å². The molecule has 0 spiro atoms. The average Bonchev–Trinajstić information content (AvgIpc) is 3.16. The Labute approximate surface area is 175 Å². The number of hydrogen-bond donors (Lipinski definition) is 1. The average molecular weight is 404 g/mol. The first kappa shape index (κ1) is 19.4. The van der Waals surface area contributed by atoms with Crippen molar-refractivity contribution in [1.82, 2.24) is 15.3 Å². The lowest BCUT2D eigenvalue weighted by molar-refractivity contribution is 0.0867. The molecule has 0 saturated carbocycles. The lowest BCUT2D eigenvalue weighted by atomic mass is 9.96. The van der Waals surface area contributed by atoms with Crippen molar-refractivity contribution in [3.63, 3.8) is 0 Å². The van der Waals surface area contributed by atoms with Crippen LogP contribution in [0.3, 0.4) is 0 Å². The minimum absolute atomic E-state index is 0.654. The van der Waals surface area contributed by atoms with Gasteiger partial charge in [-0.2, -0.15) is 10.6 Å². The molecule has 0 bridgehead atoms. The Morgan fingerprint density at radius 2 is 1.76 bits per heavy atom. The van der Waals surface area contributed by atoms with E-state index in [-0.39, 0.29) is 0 Å². The normalized spacial score (nSPS) is 11.1. The predicted octanol–water partition coefficient (Wildman–Crippen LogP) is 5.86. The molecule has 5 heteroatoms. The topological polar surface area (TPSA) is 39.1 Å². The van der Waals surface area contributed by atoms with E-state index < -0.39 is 0 Å². The van der Waals surface area contributed by atoms with E-state index in [1.54, 1.807) is 7.11 Å². The lowest BCUT2D eigenvalue weighted by Crippen LogP contribution is -2.10. The van der Waals surface area contributed by atoms with E-state index in [9.17, 15) is 0 Å². The highest BCUT2D eigenvalue weighted by Crippen LogP contribution is 2.39. The van der Waals surface area contributed by atoms with Gasteiger partial charge in [-0.05, 0) is 22.8 Å². The zero-order valence-corrected chi connectivity index (χ0v) is 17.0. The Morgan fingerprint density at radius 1 is 1.03 bits per heavy atom. The molecule has 0 radical (unpaired) electrons. The molecule has 1 aromatic heterocycles. The Hall–Kier alpha value is -2.92. The summed E-state index contributed by atoms with van der Waals surface area (Å²) in [6.45, 7) is 5.14. The number of fused-ring (bicyclic) bond motifs is 1. The van der Waals surface area contributed by atoms with Crippen LogP contribution in [-0.2, 0) is 17.9 Å². The number of benzene rings is 3. The van der Waals surface area contributed by atoms with Crippen LogP contribution in [0.2, 0.25) is 5.02 Å². The van der Waals surface area contributed by atoms with Crippen LogP contribution in [0.4, 0.5) is 0 Å². The Morgan fingerprint density at radius 3 is 2.52 bits per heavy atom. The monoisotopic (exact) mass is 403 g/mol. The second-order valence-corrected chi connectivity index (χ2v) is 7.12. The van der Waals surface area contributed by atoms with Crippen molar-refractivity contribution in [3.8, 4) is 22.3 Å². The Kier molecular flexibility index (Phi) is 5.76. The van der Waals surface area contributed by atoms with E-state index in [1.165, 1.54) is 0 Å². The Balaban J connectivity index is 1.76. The standard InChI is InChI=1S/C24H22ClN3O/c1-3-14-28-23-9-5-7-20(22(23)16-26-28)21-8-4-6-19(24(21)25)18-12-10-17(11-13-18)15-27-29-2/h3-13,16,27H,1,14-15H2,2H3. The number of allylic oxidation sites excluding steroid dienone is 1. The van der Waals surface area contributed by atoms with Crippen molar-refractivity contribution in [2.45, 2.75) is 13.1 Å². The highest BCUT2D eigenvalue weighted by Gasteiger charge is 2.14. The van der Waals surface area contributed by atoms with Crippen molar-refractivity contribution in [2.24, 2.45) is 0 Å². The van der Waals surface area contributed by atoms with Crippen LogP contribution in [0.15, 0.2) is 79.5 Å². The third kappa shape index (κ3) is 3.83. The number of aromatic nitrogens is 2. The summed E-state index contributed by atoms with van der Waals surface area (Å²) in [6, 6.07) is 20.7. The lowest BCUT2D eigenvalue weighted by Gasteiger charge is -2.12. The molecule has 1 N–H and O–H groups in total. The number of hydrogen-bond acceptors (Lipinski definition) is 3. The van der Waals surface area contributed by atoms with Gasteiger partial charge in [0.25, 0.3) is 0 Å².